The molecule has 2 bridgehead atoms. The molecule has 1 aromatic rings. The first-order valence-electron chi connectivity index (χ1n) is 6.75. The van der Waals surface area contributed by atoms with E-state index in [1.807, 2.05) is 0 Å². The molecule has 0 aromatic heterocycles. The van der Waals surface area contributed by atoms with Crippen LogP contribution < -0.4 is 5.73 Å². The van der Waals surface area contributed by atoms with Crippen LogP contribution in [0.1, 0.15) is 18.4 Å². The van der Waals surface area contributed by atoms with Crippen molar-refractivity contribution in [3.8, 4) is 0 Å². The van der Waals surface area contributed by atoms with Gasteiger partial charge in [0.2, 0.25) is 10.0 Å². The van der Waals surface area contributed by atoms with Gasteiger partial charge in [0.15, 0.2) is 0 Å². The predicted molar refractivity (Wildman–Crippen MR) is 81.0 cm³/mol. The molecule has 0 spiro atoms. The lowest BCUT2D eigenvalue weighted by Gasteiger charge is -2.31. The van der Waals surface area contributed by atoms with Crippen molar-refractivity contribution in [2.45, 2.75) is 36.5 Å². The van der Waals surface area contributed by atoms with Gasteiger partial charge in [0.1, 0.15) is 4.90 Å². The van der Waals surface area contributed by atoms with Crippen LogP contribution in [-0.2, 0) is 21.3 Å². The third-order valence-corrected chi connectivity index (χ3v) is 6.56. The summed E-state index contributed by atoms with van der Waals surface area (Å²) in [6.45, 7) is 0.857. The molecule has 2 aliphatic rings. The lowest BCUT2D eigenvalue weighted by Crippen LogP contribution is -2.45. The molecule has 2 unspecified atom stereocenters. The van der Waals surface area contributed by atoms with E-state index in [0.717, 1.165) is 12.8 Å². The number of fused-ring (bicyclic) bond motifs is 2. The van der Waals surface area contributed by atoms with Gasteiger partial charge in [-0.25, -0.2) is 8.42 Å². The van der Waals surface area contributed by atoms with E-state index in [2.05, 4.69) is 0 Å². The van der Waals surface area contributed by atoms with Crippen LogP contribution in [0.3, 0.4) is 0 Å². The van der Waals surface area contributed by atoms with Crippen LogP contribution in [0.4, 0.5) is 0 Å². The Morgan fingerprint density at radius 2 is 1.86 bits per heavy atom. The molecule has 0 radical (unpaired) electrons. The first kappa shape index (κ1) is 15.5. The maximum absolute atomic E-state index is 12.8. The van der Waals surface area contributed by atoms with Gasteiger partial charge < -0.3 is 10.5 Å². The van der Waals surface area contributed by atoms with Crippen LogP contribution in [0.2, 0.25) is 10.0 Å². The summed E-state index contributed by atoms with van der Waals surface area (Å²) < 4.78 is 32.8. The SMILES string of the molecule is NCc1cc(Cl)cc(S(=O)(=O)N2CC3CCC(C2)O3)c1Cl. The molecule has 2 saturated heterocycles. The summed E-state index contributed by atoms with van der Waals surface area (Å²) in [6.07, 6.45) is 1.75. The summed E-state index contributed by atoms with van der Waals surface area (Å²) in [5, 5.41) is 0.468. The van der Waals surface area contributed by atoms with Gasteiger partial charge in [0.05, 0.1) is 17.2 Å². The number of nitrogens with zero attached hydrogens (tertiary/aromatic N) is 1. The number of morpholine rings is 1. The van der Waals surface area contributed by atoms with Gasteiger partial charge >= 0.3 is 0 Å². The molecular formula is C13H16Cl2N2O3S. The fourth-order valence-corrected chi connectivity index (χ4v) is 5.29. The third kappa shape index (κ3) is 2.81. The predicted octanol–water partition coefficient (Wildman–Crippen LogP) is 2.00. The molecule has 0 amide bonds. The Morgan fingerprint density at radius 1 is 1.24 bits per heavy atom. The van der Waals surface area contributed by atoms with E-state index in [1.165, 1.54) is 10.4 Å². The quantitative estimate of drug-likeness (QED) is 0.904. The summed E-state index contributed by atoms with van der Waals surface area (Å²) in [4.78, 5) is 0.0263. The largest absolute Gasteiger partial charge is 0.372 e. The Bertz CT molecular complexity index is 654. The van der Waals surface area contributed by atoms with Crippen molar-refractivity contribution < 1.29 is 13.2 Å². The lowest BCUT2D eigenvalue weighted by molar-refractivity contribution is -0.0114. The molecule has 0 aliphatic carbocycles. The van der Waals surface area contributed by atoms with E-state index < -0.39 is 10.0 Å². The van der Waals surface area contributed by atoms with Gasteiger partial charge in [-0.2, -0.15) is 4.31 Å². The highest BCUT2D eigenvalue weighted by Gasteiger charge is 2.40. The van der Waals surface area contributed by atoms with Crippen molar-refractivity contribution in [3.05, 3.63) is 27.7 Å². The normalized spacial score (nSPS) is 26.2. The molecule has 5 nitrogen and oxygen atoms in total. The van der Waals surface area contributed by atoms with Gasteiger partial charge in [-0.1, -0.05) is 23.2 Å². The van der Waals surface area contributed by atoms with Gasteiger partial charge in [-0.3, -0.25) is 0 Å². The minimum atomic E-state index is -3.69. The number of sulfonamides is 1. The molecule has 116 valence electrons. The number of hydrogen-bond acceptors (Lipinski definition) is 4. The van der Waals surface area contributed by atoms with E-state index in [0.29, 0.717) is 23.7 Å². The van der Waals surface area contributed by atoms with Crippen molar-refractivity contribution in [1.82, 2.24) is 4.31 Å². The molecule has 2 heterocycles. The fourth-order valence-electron chi connectivity index (χ4n) is 2.87. The van der Waals surface area contributed by atoms with E-state index in [1.54, 1.807) is 6.07 Å². The smallest absolute Gasteiger partial charge is 0.244 e. The molecule has 2 atom stereocenters. The van der Waals surface area contributed by atoms with Crippen molar-refractivity contribution in [2.24, 2.45) is 5.73 Å². The Kier molecular flexibility index (Phi) is 4.20. The van der Waals surface area contributed by atoms with Crippen LogP contribution in [0.25, 0.3) is 0 Å². The zero-order valence-electron chi connectivity index (χ0n) is 11.3. The zero-order chi connectivity index (χ0) is 15.2. The molecule has 2 fully saturated rings. The number of benzene rings is 1. The maximum atomic E-state index is 12.8. The molecule has 2 aliphatic heterocycles. The van der Waals surface area contributed by atoms with Crippen LogP contribution in [-0.4, -0.2) is 38.0 Å². The lowest BCUT2D eigenvalue weighted by atomic mass is 10.2. The standard InChI is InChI=1S/C13H16Cl2N2O3S/c14-9-3-8(5-16)13(15)12(4-9)21(18,19)17-6-10-1-2-11(7-17)20-10/h3-4,10-11H,1-2,5-7,16H2. The fraction of sp³-hybridized carbons (Fsp3) is 0.538. The van der Waals surface area contributed by atoms with Crippen LogP contribution in [0, 0.1) is 0 Å². The second-order valence-corrected chi connectivity index (χ2v) is 8.08. The number of halogens is 2. The molecule has 2 N–H and O–H groups in total. The first-order chi connectivity index (χ1) is 9.91. The van der Waals surface area contributed by atoms with Crippen molar-refractivity contribution in [3.63, 3.8) is 0 Å². The summed E-state index contributed by atoms with van der Waals surface area (Å²) in [5.74, 6) is 0. The summed E-state index contributed by atoms with van der Waals surface area (Å²) in [7, 11) is -3.69. The van der Waals surface area contributed by atoms with E-state index in [9.17, 15) is 8.42 Å². The number of rotatable bonds is 3. The Hall–Kier alpha value is -0.370. The monoisotopic (exact) mass is 350 g/mol. The summed E-state index contributed by atoms with van der Waals surface area (Å²) in [6, 6.07) is 2.97. The van der Waals surface area contributed by atoms with E-state index in [-0.39, 0.29) is 28.7 Å². The second kappa shape index (κ2) is 5.68. The zero-order valence-corrected chi connectivity index (χ0v) is 13.6. The molecule has 0 saturated carbocycles. The number of nitrogens with two attached hydrogens (primary N) is 1. The average Bonchev–Trinajstić information content (AvgIpc) is 2.79. The Morgan fingerprint density at radius 3 is 2.43 bits per heavy atom. The van der Waals surface area contributed by atoms with Crippen LogP contribution in [0.15, 0.2) is 17.0 Å². The summed E-state index contributed by atoms with van der Waals surface area (Å²) in [5.41, 5.74) is 6.12. The van der Waals surface area contributed by atoms with Crippen molar-refractivity contribution in [1.29, 1.82) is 0 Å². The second-order valence-electron chi connectivity index (χ2n) is 5.36. The highest BCUT2D eigenvalue weighted by atomic mass is 35.5. The minimum absolute atomic E-state index is 0.0227. The first-order valence-corrected chi connectivity index (χ1v) is 8.95. The third-order valence-electron chi connectivity index (χ3n) is 3.93. The number of hydrogen-bond donors (Lipinski definition) is 1. The number of ether oxygens (including phenoxy) is 1. The van der Waals surface area contributed by atoms with Gasteiger partial charge in [-0.05, 0) is 30.5 Å². The van der Waals surface area contributed by atoms with Crippen molar-refractivity contribution >= 4 is 33.2 Å². The highest BCUT2D eigenvalue weighted by molar-refractivity contribution is 7.89. The van der Waals surface area contributed by atoms with E-state index >= 15 is 0 Å². The maximum Gasteiger partial charge on any atom is 0.244 e. The van der Waals surface area contributed by atoms with E-state index in [4.69, 9.17) is 33.7 Å². The molecule has 8 heteroatoms. The van der Waals surface area contributed by atoms with Crippen LogP contribution in [0.5, 0.6) is 0 Å². The van der Waals surface area contributed by atoms with Gasteiger partial charge in [-0.15, -0.1) is 0 Å². The molecule has 1 aromatic carbocycles. The summed E-state index contributed by atoms with van der Waals surface area (Å²) >= 11 is 12.2. The molecule has 21 heavy (non-hydrogen) atoms. The Labute approximate surface area is 134 Å². The van der Waals surface area contributed by atoms with Gasteiger partial charge in [0.25, 0.3) is 0 Å². The van der Waals surface area contributed by atoms with Crippen molar-refractivity contribution in [2.75, 3.05) is 13.1 Å². The Balaban J connectivity index is 2.00. The van der Waals surface area contributed by atoms with Crippen LogP contribution >= 0.6 is 23.2 Å². The highest BCUT2D eigenvalue weighted by Crippen LogP contribution is 2.34. The topological polar surface area (TPSA) is 72.6 Å². The molecular weight excluding hydrogens is 335 g/mol. The average molecular weight is 351 g/mol. The van der Waals surface area contributed by atoms with Gasteiger partial charge in [0, 0.05) is 24.7 Å². The molecule has 3 rings (SSSR count). The minimum Gasteiger partial charge on any atom is -0.372 e.